The topological polar surface area (TPSA) is 96.2 Å². The summed E-state index contributed by atoms with van der Waals surface area (Å²) in [5.74, 6) is -1.10. The standard InChI is InChI=1S/C17H14O6/c1-22-12-6-9-4-3-8-5-10(18)7-11(17(20)21)13(8)14(9)15(19)16(12)23-2/h3-7,18-19H,1-2H3,(H,20,21). The lowest BCUT2D eigenvalue weighted by Gasteiger charge is -2.15. The maximum atomic E-state index is 11.6. The molecule has 6 nitrogen and oxygen atoms in total. The van der Waals surface area contributed by atoms with Crippen LogP contribution >= 0.6 is 0 Å². The number of phenols is 2. The van der Waals surface area contributed by atoms with Crippen LogP contribution in [0.25, 0.3) is 21.5 Å². The Balaban J connectivity index is 2.59. The summed E-state index contributed by atoms with van der Waals surface area (Å²) in [5, 5.41) is 31.5. The lowest BCUT2D eigenvalue weighted by atomic mass is 9.96. The predicted molar refractivity (Wildman–Crippen MR) is 84.8 cm³/mol. The third-order valence-electron chi connectivity index (χ3n) is 3.75. The van der Waals surface area contributed by atoms with Gasteiger partial charge in [-0.25, -0.2) is 4.79 Å². The first-order valence-electron chi connectivity index (χ1n) is 6.74. The van der Waals surface area contributed by atoms with Gasteiger partial charge in [-0.3, -0.25) is 0 Å². The minimum atomic E-state index is -1.20. The molecule has 0 atom stereocenters. The first-order valence-corrected chi connectivity index (χ1v) is 6.74. The van der Waals surface area contributed by atoms with Crippen molar-refractivity contribution >= 4 is 27.5 Å². The summed E-state index contributed by atoms with van der Waals surface area (Å²) in [6, 6.07) is 7.64. The molecule has 0 aliphatic carbocycles. The van der Waals surface area contributed by atoms with Crippen LogP contribution in [0.15, 0.2) is 30.3 Å². The Kier molecular flexibility index (Phi) is 3.37. The first kappa shape index (κ1) is 14.8. The van der Waals surface area contributed by atoms with Crippen LogP contribution in [0.4, 0.5) is 0 Å². The summed E-state index contributed by atoms with van der Waals surface area (Å²) in [4.78, 5) is 11.6. The summed E-state index contributed by atoms with van der Waals surface area (Å²) < 4.78 is 10.4. The molecular weight excluding hydrogens is 300 g/mol. The molecular formula is C17H14O6. The SMILES string of the molecule is COc1cc2ccc3cc(O)cc(C(=O)O)c3c2c(O)c1OC. The molecule has 118 valence electrons. The molecule has 23 heavy (non-hydrogen) atoms. The van der Waals surface area contributed by atoms with E-state index < -0.39 is 5.97 Å². The molecule has 0 aliphatic rings. The first-order chi connectivity index (χ1) is 11.0. The van der Waals surface area contributed by atoms with E-state index in [2.05, 4.69) is 0 Å². The quantitative estimate of drug-likeness (QED) is 0.643. The van der Waals surface area contributed by atoms with Gasteiger partial charge in [0.25, 0.3) is 0 Å². The number of fused-ring (bicyclic) bond motifs is 3. The predicted octanol–water partition coefficient (Wildman–Crippen LogP) is 3.12. The number of hydrogen-bond donors (Lipinski definition) is 3. The zero-order valence-corrected chi connectivity index (χ0v) is 12.5. The Labute approximate surface area is 131 Å². The molecule has 0 saturated carbocycles. The van der Waals surface area contributed by atoms with Crippen LogP contribution in [0.1, 0.15) is 10.4 Å². The van der Waals surface area contributed by atoms with Gasteiger partial charge >= 0.3 is 5.97 Å². The molecule has 0 spiro atoms. The molecule has 0 heterocycles. The van der Waals surface area contributed by atoms with Gasteiger partial charge in [0.15, 0.2) is 11.5 Å². The molecule has 0 saturated heterocycles. The van der Waals surface area contributed by atoms with Crippen LogP contribution in [-0.4, -0.2) is 35.5 Å². The Hall–Kier alpha value is -3.15. The van der Waals surface area contributed by atoms with Crippen molar-refractivity contribution in [2.45, 2.75) is 0 Å². The molecule has 3 rings (SSSR count). The highest BCUT2D eigenvalue weighted by Gasteiger charge is 2.20. The minimum Gasteiger partial charge on any atom is -0.508 e. The van der Waals surface area contributed by atoms with Crippen molar-refractivity contribution in [3.8, 4) is 23.0 Å². The van der Waals surface area contributed by atoms with Crippen molar-refractivity contribution in [1.29, 1.82) is 0 Å². The average molecular weight is 314 g/mol. The second kappa shape index (κ2) is 5.24. The highest BCUT2D eigenvalue weighted by Crippen LogP contribution is 2.46. The molecule has 3 N–H and O–H groups in total. The number of carboxylic acid groups (broad SMARTS) is 1. The normalized spacial score (nSPS) is 10.9. The number of aromatic carboxylic acids is 1. The number of carbonyl (C=O) groups is 1. The van der Waals surface area contributed by atoms with E-state index in [0.717, 1.165) is 6.07 Å². The highest BCUT2D eigenvalue weighted by molar-refractivity contribution is 6.19. The van der Waals surface area contributed by atoms with E-state index >= 15 is 0 Å². The Morgan fingerprint density at radius 3 is 2.17 bits per heavy atom. The zero-order valence-electron chi connectivity index (χ0n) is 12.5. The largest absolute Gasteiger partial charge is 0.508 e. The molecule has 0 radical (unpaired) electrons. The lowest BCUT2D eigenvalue weighted by molar-refractivity contribution is 0.0698. The maximum absolute atomic E-state index is 11.6. The fourth-order valence-electron chi connectivity index (χ4n) is 2.80. The van der Waals surface area contributed by atoms with Gasteiger partial charge < -0.3 is 24.8 Å². The summed E-state index contributed by atoms with van der Waals surface area (Å²) >= 11 is 0. The number of phenolic OH excluding ortho intramolecular Hbond substituents is 2. The van der Waals surface area contributed by atoms with Gasteiger partial charge in [-0.05, 0) is 29.0 Å². The highest BCUT2D eigenvalue weighted by atomic mass is 16.5. The number of rotatable bonds is 3. The van der Waals surface area contributed by atoms with Crippen LogP contribution in [0.2, 0.25) is 0 Å². The molecule has 0 fully saturated rings. The van der Waals surface area contributed by atoms with E-state index in [1.807, 2.05) is 0 Å². The lowest BCUT2D eigenvalue weighted by Crippen LogP contribution is -1.99. The molecule has 0 unspecified atom stereocenters. The second-order valence-electron chi connectivity index (χ2n) is 5.02. The number of benzene rings is 3. The molecule has 0 amide bonds. The van der Waals surface area contributed by atoms with Crippen molar-refractivity contribution in [3.63, 3.8) is 0 Å². The Morgan fingerprint density at radius 2 is 1.61 bits per heavy atom. The molecule has 6 heteroatoms. The van der Waals surface area contributed by atoms with Crippen LogP contribution in [0, 0.1) is 0 Å². The fourth-order valence-corrected chi connectivity index (χ4v) is 2.80. The van der Waals surface area contributed by atoms with Crippen LogP contribution < -0.4 is 9.47 Å². The molecule has 3 aromatic carbocycles. The fraction of sp³-hybridized carbons (Fsp3) is 0.118. The average Bonchev–Trinajstić information content (AvgIpc) is 2.53. The molecule has 0 aromatic heterocycles. The van der Waals surface area contributed by atoms with Crippen molar-refractivity contribution < 1.29 is 29.6 Å². The van der Waals surface area contributed by atoms with Gasteiger partial charge in [0, 0.05) is 10.8 Å². The van der Waals surface area contributed by atoms with Gasteiger partial charge in [-0.2, -0.15) is 0 Å². The van der Waals surface area contributed by atoms with Gasteiger partial charge in [-0.1, -0.05) is 12.1 Å². The molecule has 3 aromatic rings. The minimum absolute atomic E-state index is 0.104. The van der Waals surface area contributed by atoms with Gasteiger partial charge in [0.2, 0.25) is 5.75 Å². The van der Waals surface area contributed by atoms with Crippen molar-refractivity contribution in [3.05, 3.63) is 35.9 Å². The zero-order chi connectivity index (χ0) is 16.7. The maximum Gasteiger partial charge on any atom is 0.336 e. The number of aromatic hydroxyl groups is 2. The number of ether oxygens (including phenoxy) is 2. The Bertz CT molecular complexity index is 945. The Morgan fingerprint density at radius 1 is 0.957 bits per heavy atom. The molecule has 0 aliphatic heterocycles. The third-order valence-corrected chi connectivity index (χ3v) is 3.75. The van der Waals surface area contributed by atoms with Crippen LogP contribution in [-0.2, 0) is 0 Å². The van der Waals surface area contributed by atoms with Crippen molar-refractivity contribution in [1.82, 2.24) is 0 Å². The van der Waals surface area contributed by atoms with E-state index in [1.54, 1.807) is 18.2 Å². The summed E-state index contributed by atoms with van der Waals surface area (Å²) in [7, 11) is 2.84. The van der Waals surface area contributed by atoms with Gasteiger partial charge in [0.05, 0.1) is 19.8 Å². The van der Waals surface area contributed by atoms with Gasteiger partial charge in [0.1, 0.15) is 5.75 Å². The monoisotopic (exact) mass is 314 g/mol. The van der Waals surface area contributed by atoms with Crippen LogP contribution in [0.5, 0.6) is 23.0 Å². The summed E-state index contributed by atoms with van der Waals surface area (Å²) in [6.07, 6.45) is 0. The van der Waals surface area contributed by atoms with Crippen molar-refractivity contribution in [2.24, 2.45) is 0 Å². The number of hydrogen-bond acceptors (Lipinski definition) is 5. The van der Waals surface area contributed by atoms with E-state index in [-0.39, 0.29) is 22.8 Å². The third kappa shape index (κ3) is 2.15. The van der Waals surface area contributed by atoms with E-state index in [4.69, 9.17) is 9.47 Å². The van der Waals surface area contributed by atoms with Gasteiger partial charge in [-0.15, -0.1) is 0 Å². The van der Waals surface area contributed by atoms with E-state index in [0.29, 0.717) is 27.3 Å². The van der Waals surface area contributed by atoms with Crippen LogP contribution in [0.3, 0.4) is 0 Å². The summed E-state index contributed by atoms with van der Waals surface area (Å²) in [5.41, 5.74) is -0.104. The van der Waals surface area contributed by atoms with E-state index in [9.17, 15) is 20.1 Å². The molecule has 0 bridgehead atoms. The number of methoxy groups -OCH3 is 2. The van der Waals surface area contributed by atoms with Crippen molar-refractivity contribution in [2.75, 3.05) is 14.2 Å². The number of carboxylic acids is 1. The second-order valence-corrected chi connectivity index (χ2v) is 5.02. The van der Waals surface area contributed by atoms with E-state index in [1.165, 1.54) is 20.3 Å². The summed E-state index contributed by atoms with van der Waals surface area (Å²) in [6.45, 7) is 0. The smallest absolute Gasteiger partial charge is 0.336 e.